The Morgan fingerprint density at radius 2 is 1.95 bits per heavy atom. The van der Waals surface area contributed by atoms with E-state index in [-0.39, 0.29) is 11.3 Å². The van der Waals surface area contributed by atoms with Gasteiger partial charge in [-0.3, -0.25) is 10.1 Å². The van der Waals surface area contributed by atoms with Crippen LogP contribution in [-0.2, 0) is 16.6 Å². The number of amides is 1. The molecule has 2 aromatic rings. The van der Waals surface area contributed by atoms with Crippen LogP contribution in [0.3, 0.4) is 0 Å². The quantitative estimate of drug-likeness (QED) is 0.871. The lowest BCUT2D eigenvalue weighted by Crippen LogP contribution is -2.14. The molecule has 5 heteroatoms. The van der Waals surface area contributed by atoms with Gasteiger partial charge >= 0.3 is 0 Å². The normalized spacial score (nSPS) is 11.4. The third-order valence-corrected chi connectivity index (χ3v) is 3.81. The van der Waals surface area contributed by atoms with Gasteiger partial charge in [0.1, 0.15) is 0 Å². The number of hydrogen-bond donors (Lipinski definition) is 1. The molecule has 1 heterocycles. The number of hydrogen-bond acceptors (Lipinski definition) is 4. The van der Waals surface area contributed by atoms with Crippen molar-refractivity contribution in [2.24, 2.45) is 0 Å². The summed E-state index contributed by atoms with van der Waals surface area (Å²) in [6.07, 6.45) is 2.35. The van der Waals surface area contributed by atoms with E-state index in [9.17, 15) is 4.79 Å². The number of carbonyl (C=O) groups is 1. The van der Waals surface area contributed by atoms with E-state index in [1.807, 2.05) is 51.3 Å². The number of carbonyl (C=O) groups excluding carboxylic acids is 1. The lowest BCUT2D eigenvalue weighted by molar-refractivity contribution is -0.115. The Labute approximate surface area is 129 Å². The van der Waals surface area contributed by atoms with Crippen molar-refractivity contribution < 1.29 is 9.32 Å². The molecular formula is C16H20N2O2S. The Morgan fingerprint density at radius 1 is 1.29 bits per heavy atom. The van der Waals surface area contributed by atoms with Crippen LogP contribution in [-0.4, -0.2) is 17.3 Å². The Balaban J connectivity index is 1.96. The summed E-state index contributed by atoms with van der Waals surface area (Å²) in [5.74, 6) is 0.286. The Morgan fingerprint density at radius 3 is 2.48 bits per heavy atom. The van der Waals surface area contributed by atoms with Crippen molar-refractivity contribution in [2.45, 2.75) is 37.5 Å². The summed E-state index contributed by atoms with van der Waals surface area (Å²) in [6.45, 7) is 6.14. The highest BCUT2D eigenvalue weighted by Gasteiger charge is 2.19. The average molecular weight is 304 g/mol. The molecule has 1 N–H and O–H groups in total. The van der Waals surface area contributed by atoms with Crippen molar-refractivity contribution in [3.05, 3.63) is 41.6 Å². The largest absolute Gasteiger partial charge is 0.338 e. The minimum absolute atomic E-state index is 0.0971. The molecule has 1 amide bonds. The second-order valence-corrected chi connectivity index (χ2v) is 6.78. The van der Waals surface area contributed by atoms with E-state index in [0.717, 1.165) is 11.3 Å². The van der Waals surface area contributed by atoms with Gasteiger partial charge in [0.25, 0.3) is 0 Å². The van der Waals surface area contributed by atoms with Gasteiger partial charge in [-0.15, -0.1) is 11.8 Å². The predicted octanol–water partition coefficient (Wildman–Crippen LogP) is 3.88. The van der Waals surface area contributed by atoms with Crippen molar-refractivity contribution in [1.82, 2.24) is 5.16 Å². The SMILES string of the molecule is CSc1ccc(CC(=O)Nc2cc(C(C)(C)C)no2)cc1. The van der Waals surface area contributed by atoms with Gasteiger partial charge in [0.05, 0.1) is 12.1 Å². The van der Waals surface area contributed by atoms with E-state index in [2.05, 4.69) is 10.5 Å². The second kappa shape index (κ2) is 6.35. The second-order valence-electron chi connectivity index (χ2n) is 5.90. The zero-order valence-corrected chi connectivity index (χ0v) is 13.6. The van der Waals surface area contributed by atoms with Crippen molar-refractivity contribution in [3.63, 3.8) is 0 Å². The van der Waals surface area contributed by atoms with Crippen LogP contribution in [0.2, 0.25) is 0 Å². The molecule has 1 aromatic carbocycles. The fraction of sp³-hybridized carbons (Fsp3) is 0.375. The molecule has 0 spiro atoms. The molecule has 1 aromatic heterocycles. The monoisotopic (exact) mass is 304 g/mol. The first-order chi connectivity index (χ1) is 9.88. The molecule has 0 unspecified atom stereocenters. The molecule has 0 atom stereocenters. The van der Waals surface area contributed by atoms with Crippen molar-refractivity contribution >= 4 is 23.6 Å². The first-order valence-corrected chi connectivity index (χ1v) is 8.01. The van der Waals surface area contributed by atoms with E-state index >= 15 is 0 Å². The molecular weight excluding hydrogens is 284 g/mol. The van der Waals surface area contributed by atoms with Crippen LogP contribution < -0.4 is 5.32 Å². The predicted molar refractivity (Wildman–Crippen MR) is 85.8 cm³/mol. The number of anilines is 1. The molecule has 0 aliphatic heterocycles. The number of aromatic nitrogens is 1. The van der Waals surface area contributed by atoms with Gasteiger partial charge < -0.3 is 4.52 Å². The van der Waals surface area contributed by atoms with Gasteiger partial charge in [-0.1, -0.05) is 38.1 Å². The third kappa shape index (κ3) is 4.36. The molecule has 2 rings (SSSR count). The van der Waals surface area contributed by atoms with Crippen LogP contribution in [0.4, 0.5) is 5.88 Å². The van der Waals surface area contributed by atoms with E-state index < -0.39 is 0 Å². The minimum atomic E-state index is -0.108. The number of nitrogens with zero attached hydrogens (tertiary/aromatic N) is 1. The highest BCUT2D eigenvalue weighted by atomic mass is 32.2. The highest BCUT2D eigenvalue weighted by Crippen LogP contribution is 2.23. The van der Waals surface area contributed by atoms with Crippen molar-refractivity contribution in [3.8, 4) is 0 Å². The minimum Gasteiger partial charge on any atom is -0.338 e. The summed E-state index contributed by atoms with van der Waals surface area (Å²) in [5, 5.41) is 6.72. The lowest BCUT2D eigenvalue weighted by Gasteiger charge is -2.12. The maximum atomic E-state index is 12.0. The topological polar surface area (TPSA) is 55.1 Å². The van der Waals surface area contributed by atoms with Crippen LogP contribution >= 0.6 is 11.8 Å². The molecule has 21 heavy (non-hydrogen) atoms. The van der Waals surface area contributed by atoms with Crippen LogP contribution in [0.15, 0.2) is 39.8 Å². The summed E-state index contributed by atoms with van der Waals surface area (Å²) in [5.41, 5.74) is 1.70. The summed E-state index contributed by atoms with van der Waals surface area (Å²) in [6, 6.07) is 9.73. The Kier molecular flexibility index (Phi) is 4.73. The van der Waals surface area contributed by atoms with Gasteiger partial charge in [-0.05, 0) is 24.0 Å². The summed E-state index contributed by atoms with van der Waals surface area (Å²) in [4.78, 5) is 13.2. The smallest absolute Gasteiger partial charge is 0.231 e. The van der Waals surface area contributed by atoms with Crippen LogP contribution in [0.1, 0.15) is 32.0 Å². The Hall–Kier alpha value is -1.75. The summed E-state index contributed by atoms with van der Waals surface area (Å²) >= 11 is 1.68. The summed E-state index contributed by atoms with van der Waals surface area (Å²) in [7, 11) is 0. The molecule has 112 valence electrons. The van der Waals surface area contributed by atoms with Gasteiger partial charge in [0, 0.05) is 16.4 Å². The maximum Gasteiger partial charge on any atom is 0.231 e. The molecule has 4 nitrogen and oxygen atoms in total. The highest BCUT2D eigenvalue weighted by molar-refractivity contribution is 7.98. The standard InChI is InChI=1S/C16H20N2O2S/c1-16(2,3)13-10-15(20-18-13)17-14(19)9-11-5-7-12(21-4)8-6-11/h5-8,10H,9H2,1-4H3,(H,17,19). The summed E-state index contributed by atoms with van der Waals surface area (Å²) < 4.78 is 5.15. The van der Waals surface area contributed by atoms with Gasteiger partial charge in [-0.2, -0.15) is 0 Å². The van der Waals surface area contributed by atoms with Gasteiger partial charge in [-0.25, -0.2) is 0 Å². The molecule has 0 saturated heterocycles. The van der Waals surface area contributed by atoms with E-state index in [4.69, 9.17) is 4.52 Å². The molecule has 0 radical (unpaired) electrons. The van der Waals surface area contributed by atoms with E-state index in [1.54, 1.807) is 17.8 Å². The van der Waals surface area contributed by atoms with E-state index in [0.29, 0.717) is 12.3 Å². The van der Waals surface area contributed by atoms with Crippen molar-refractivity contribution in [1.29, 1.82) is 0 Å². The van der Waals surface area contributed by atoms with Gasteiger partial charge in [0.2, 0.25) is 11.8 Å². The average Bonchev–Trinajstić information content (AvgIpc) is 2.88. The molecule has 0 aliphatic carbocycles. The zero-order chi connectivity index (χ0) is 15.5. The molecule has 0 fully saturated rings. The maximum absolute atomic E-state index is 12.0. The first kappa shape index (κ1) is 15.6. The van der Waals surface area contributed by atoms with Crippen LogP contribution in [0, 0.1) is 0 Å². The number of benzene rings is 1. The third-order valence-electron chi connectivity index (χ3n) is 3.06. The van der Waals surface area contributed by atoms with Crippen molar-refractivity contribution in [2.75, 3.05) is 11.6 Å². The molecule has 0 bridgehead atoms. The van der Waals surface area contributed by atoms with Crippen LogP contribution in [0.5, 0.6) is 0 Å². The number of nitrogens with one attached hydrogen (secondary N) is 1. The molecule has 0 aliphatic rings. The zero-order valence-electron chi connectivity index (χ0n) is 12.8. The Bertz CT molecular complexity index is 612. The van der Waals surface area contributed by atoms with Gasteiger partial charge in [0.15, 0.2) is 0 Å². The first-order valence-electron chi connectivity index (χ1n) is 6.78. The fourth-order valence-electron chi connectivity index (χ4n) is 1.80. The number of thioether (sulfide) groups is 1. The lowest BCUT2D eigenvalue weighted by atomic mass is 9.92. The number of rotatable bonds is 4. The fourth-order valence-corrected chi connectivity index (χ4v) is 2.21. The van der Waals surface area contributed by atoms with E-state index in [1.165, 1.54) is 4.90 Å². The van der Waals surface area contributed by atoms with Crippen LogP contribution in [0.25, 0.3) is 0 Å². The molecule has 0 saturated carbocycles.